The van der Waals surface area contributed by atoms with Gasteiger partial charge in [-0.3, -0.25) is 4.79 Å². The summed E-state index contributed by atoms with van der Waals surface area (Å²) in [5, 5.41) is 9.26. The zero-order chi connectivity index (χ0) is 22.2. The van der Waals surface area contributed by atoms with Gasteiger partial charge in [-0.25, -0.2) is 0 Å². The SMILES string of the molecule is CCn1c(COc2ccc(OC)cc2)nnc1SCC(=O)N(c1ccccc1)C(C)C. The highest BCUT2D eigenvalue weighted by Gasteiger charge is 2.21. The molecule has 0 radical (unpaired) electrons. The fourth-order valence-corrected chi connectivity index (χ4v) is 4.07. The van der Waals surface area contributed by atoms with Gasteiger partial charge in [-0.05, 0) is 57.2 Å². The van der Waals surface area contributed by atoms with Crippen LogP contribution in [0.5, 0.6) is 11.5 Å². The van der Waals surface area contributed by atoms with E-state index in [-0.39, 0.29) is 17.7 Å². The van der Waals surface area contributed by atoms with Crippen LogP contribution in [0.25, 0.3) is 0 Å². The van der Waals surface area contributed by atoms with Gasteiger partial charge in [0.1, 0.15) is 18.1 Å². The van der Waals surface area contributed by atoms with Crippen molar-refractivity contribution in [2.24, 2.45) is 0 Å². The van der Waals surface area contributed by atoms with E-state index in [2.05, 4.69) is 10.2 Å². The van der Waals surface area contributed by atoms with Gasteiger partial charge in [-0.2, -0.15) is 0 Å². The predicted octanol–water partition coefficient (Wildman–Crippen LogP) is 4.42. The Labute approximate surface area is 187 Å². The highest BCUT2D eigenvalue weighted by Crippen LogP contribution is 2.23. The fourth-order valence-electron chi connectivity index (χ4n) is 3.18. The normalized spacial score (nSPS) is 10.9. The fraction of sp³-hybridized carbons (Fsp3) is 0.348. The number of carbonyl (C=O) groups excluding carboxylic acids is 1. The molecule has 0 fully saturated rings. The van der Waals surface area contributed by atoms with E-state index in [0.717, 1.165) is 23.0 Å². The second-order valence-corrected chi connectivity index (χ2v) is 8.03. The number of anilines is 1. The monoisotopic (exact) mass is 440 g/mol. The maximum absolute atomic E-state index is 12.9. The summed E-state index contributed by atoms with van der Waals surface area (Å²) in [6, 6.07) is 17.2. The molecule has 0 atom stereocenters. The number of amides is 1. The minimum atomic E-state index is 0.0351. The lowest BCUT2D eigenvalue weighted by molar-refractivity contribution is -0.116. The van der Waals surface area contributed by atoms with Crippen molar-refractivity contribution in [3.8, 4) is 11.5 Å². The molecule has 0 aliphatic rings. The van der Waals surface area contributed by atoms with Crippen LogP contribution in [0.1, 0.15) is 26.6 Å². The first-order chi connectivity index (χ1) is 15.0. The average Bonchev–Trinajstić information content (AvgIpc) is 3.19. The molecular formula is C23H28N4O3S. The Morgan fingerprint density at radius 1 is 1.06 bits per heavy atom. The Hall–Kier alpha value is -3.00. The van der Waals surface area contributed by atoms with Crippen LogP contribution < -0.4 is 14.4 Å². The largest absolute Gasteiger partial charge is 0.497 e. The lowest BCUT2D eigenvalue weighted by Gasteiger charge is -2.26. The predicted molar refractivity (Wildman–Crippen MR) is 123 cm³/mol. The Morgan fingerprint density at radius 2 is 1.74 bits per heavy atom. The van der Waals surface area contributed by atoms with Gasteiger partial charge in [0, 0.05) is 18.3 Å². The molecule has 0 bridgehead atoms. The van der Waals surface area contributed by atoms with Crippen molar-refractivity contribution >= 4 is 23.4 Å². The number of benzene rings is 2. The van der Waals surface area contributed by atoms with Crippen LogP contribution in [0.15, 0.2) is 59.8 Å². The number of aromatic nitrogens is 3. The Kier molecular flexibility index (Phi) is 7.94. The molecule has 8 heteroatoms. The van der Waals surface area contributed by atoms with Crippen molar-refractivity contribution in [1.29, 1.82) is 0 Å². The summed E-state index contributed by atoms with van der Waals surface area (Å²) < 4.78 is 13.0. The minimum absolute atomic E-state index is 0.0351. The van der Waals surface area contributed by atoms with Crippen LogP contribution in [0.3, 0.4) is 0 Å². The number of carbonyl (C=O) groups is 1. The summed E-state index contributed by atoms with van der Waals surface area (Å²) in [6.07, 6.45) is 0. The van der Waals surface area contributed by atoms with E-state index in [9.17, 15) is 4.79 Å². The number of rotatable bonds is 10. The Bertz CT molecular complexity index is 974. The Balaban J connectivity index is 1.64. The summed E-state index contributed by atoms with van der Waals surface area (Å²) in [4.78, 5) is 14.8. The van der Waals surface area contributed by atoms with Crippen LogP contribution >= 0.6 is 11.8 Å². The molecule has 0 unspecified atom stereocenters. The molecule has 0 aliphatic carbocycles. The van der Waals surface area contributed by atoms with E-state index in [1.165, 1.54) is 11.8 Å². The second-order valence-electron chi connectivity index (χ2n) is 7.09. The highest BCUT2D eigenvalue weighted by atomic mass is 32.2. The molecule has 3 aromatic rings. The highest BCUT2D eigenvalue weighted by molar-refractivity contribution is 7.99. The second kappa shape index (κ2) is 10.9. The lowest BCUT2D eigenvalue weighted by atomic mass is 10.2. The number of thioether (sulfide) groups is 1. The van der Waals surface area contributed by atoms with E-state index in [1.807, 2.05) is 84.8 Å². The van der Waals surface area contributed by atoms with Gasteiger partial charge in [-0.15, -0.1) is 10.2 Å². The first-order valence-electron chi connectivity index (χ1n) is 10.2. The van der Waals surface area contributed by atoms with Crippen LogP contribution in [-0.2, 0) is 17.9 Å². The van der Waals surface area contributed by atoms with Gasteiger partial charge in [-0.1, -0.05) is 30.0 Å². The third-order valence-electron chi connectivity index (χ3n) is 4.68. The maximum atomic E-state index is 12.9. The zero-order valence-corrected chi connectivity index (χ0v) is 19.1. The third-order valence-corrected chi connectivity index (χ3v) is 5.63. The number of methoxy groups -OCH3 is 1. The zero-order valence-electron chi connectivity index (χ0n) is 18.3. The number of hydrogen-bond acceptors (Lipinski definition) is 6. The topological polar surface area (TPSA) is 69.5 Å². The first-order valence-corrected chi connectivity index (χ1v) is 11.2. The minimum Gasteiger partial charge on any atom is -0.497 e. The number of ether oxygens (including phenoxy) is 2. The standard InChI is InChI=1S/C23H28N4O3S/c1-5-26-21(15-30-20-13-11-19(29-4)12-14-20)24-25-23(26)31-16-22(28)27(17(2)3)18-9-7-6-8-10-18/h6-14,17H,5,15-16H2,1-4H3. The molecular weight excluding hydrogens is 412 g/mol. The molecule has 0 saturated carbocycles. The maximum Gasteiger partial charge on any atom is 0.237 e. The Morgan fingerprint density at radius 3 is 2.35 bits per heavy atom. The molecule has 2 aromatic carbocycles. The van der Waals surface area contributed by atoms with Crippen LogP contribution in [0, 0.1) is 0 Å². The van der Waals surface area contributed by atoms with Crippen molar-refractivity contribution in [3.05, 3.63) is 60.4 Å². The van der Waals surface area contributed by atoms with Crippen molar-refractivity contribution < 1.29 is 14.3 Å². The lowest BCUT2D eigenvalue weighted by Crippen LogP contribution is -2.38. The molecule has 164 valence electrons. The van der Waals surface area contributed by atoms with E-state index in [0.29, 0.717) is 18.3 Å². The number of para-hydroxylation sites is 1. The molecule has 3 rings (SSSR count). The molecule has 31 heavy (non-hydrogen) atoms. The van der Waals surface area contributed by atoms with Crippen molar-refractivity contribution in [2.75, 3.05) is 17.8 Å². The molecule has 1 amide bonds. The molecule has 0 aliphatic heterocycles. The van der Waals surface area contributed by atoms with Crippen molar-refractivity contribution in [1.82, 2.24) is 14.8 Å². The summed E-state index contributed by atoms with van der Waals surface area (Å²) in [5.74, 6) is 2.54. The van der Waals surface area contributed by atoms with Gasteiger partial charge in [0.15, 0.2) is 11.0 Å². The summed E-state index contributed by atoms with van der Waals surface area (Å²) in [6.45, 7) is 7.04. The summed E-state index contributed by atoms with van der Waals surface area (Å²) in [5.41, 5.74) is 0.897. The van der Waals surface area contributed by atoms with Crippen molar-refractivity contribution in [2.45, 2.75) is 45.1 Å². The van der Waals surface area contributed by atoms with Crippen LogP contribution in [0.2, 0.25) is 0 Å². The van der Waals surface area contributed by atoms with Gasteiger partial charge < -0.3 is 18.9 Å². The molecule has 0 N–H and O–H groups in total. The van der Waals surface area contributed by atoms with E-state index >= 15 is 0 Å². The molecule has 1 aromatic heterocycles. The molecule has 0 saturated heterocycles. The summed E-state index contributed by atoms with van der Waals surface area (Å²) in [7, 11) is 1.63. The van der Waals surface area contributed by atoms with Crippen molar-refractivity contribution in [3.63, 3.8) is 0 Å². The molecule has 0 spiro atoms. The summed E-state index contributed by atoms with van der Waals surface area (Å²) >= 11 is 1.39. The van der Waals surface area contributed by atoms with E-state index in [4.69, 9.17) is 9.47 Å². The van der Waals surface area contributed by atoms with E-state index < -0.39 is 0 Å². The molecule has 1 heterocycles. The van der Waals surface area contributed by atoms with Crippen LogP contribution in [-0.4, -0.2) is 39.6 Å². The average molecular weight is 441 g/mol. The third kappa shape index (κ3) is 5.79. The molecule has 7 nitrogen and oxygen atoms in total. The number of nitrogens with zero attached hydrogens (tertiary/aromatic N) is 4. The van der Waals surface area contributed by atoms with Gasteiger partial charge in [0.2, 0.25) is 5.91 Å². The van der Waals surface area contributed by atoms with Gasteiger partial charge in [0.25, 0.3) is 0 Å². The van der Waals surface area contributed by atoms with Gasteiger partial charge >= 0.3 is 0 Å². The van der Waals surface area contributed by atoms with Crippen LogP contribution in [0.4, 0.5) is 5.69 Å². The van der Waals surface area contributed by atoms with E-state index in [1.54, 1.807) is 7.11 Å². The first kappa shape index (κ1) is 22.7. The number of hydrogen-bond donors (Lipinski definition) is 0. The van der Waals surface area contributed by atoms with Gasteiger partial charge in [0.05, 0.1) is 12.9 Å². The smallest absolute Gasteiger partial charge is 0.237 e. The quantitative estimate of drug-likeness (QED) is 0.435.